The molecule has 1 aromatic heterocycles. The van der Waals surface area contributed by atoms with E-state index in [4.69, 9.17) is 0 Å². The minimum atomic E-state index is -0.469. The number of benzene rings is 2. The Morgan fingerprint density at radius 3 is 2.64 bits per heavy atom. The maximum atomic E-state index is 12.5. The van der Waals surface area contributed by atoms with Gasteiger partial charge in [-0.25, -0.2) is 4.98 Å². The van der Waals surface area contributed by atoms with Crippen molar-refractivity contribution in [3.8, 4) is 0 Å². The smallest absolute Gasteiger partial charge is 0.269 e. The third-order valence-electron chi connectivity index (χ3n) is 3.53. The van der Waals surface area contributed by atoms with E-state index in [1.807, 2.05) is 31.2 Å². The zero-order valence-electron chi connectivity index (χ0n) is 13.3. The van der Waals surface area contributed by atoms with Gasteiger partial charge in [0.2, 0.25) is 5.91 Å². The molecule has 0 aliphatic carbocycles. The van der Waals surface area contributed by atoms with E-state index in [0.717, 1.165) is 14.6 Å². The number of rotatable bonds is 6. The third-order valence-corrected chi connectivity index (χ3v) is 6.02. The van der Waals surface area contributed by atoms with Gasteiger partial charge in [0.1, 0.15) is 0 Å². The fraction of sp³-hybridized carbons (Fsp3) is 0.176. The number of carbonyl (C=O) groups is 1. The van der Waals surface area contributed by atoms with Crippen molar-refractivity contribution >= 4 is 50.6 Å². The molecule has 0 aliphatic rings. The number of para-hydroxylation sites is 1. The Hall–Kier alpha value is -2.45. The van der Waals surface area contributed by atoms with Crippen LogP contribution in [0, 0.1) is 10.1 Å². The monoisotopic (exact) mass is 373 g/mol. The molecule has 6 nitrogen and oxygen atoms in total. The Labute approximate surface area is 152 Å². The normalized spacial score (nSPS) is 12.0. The van der Waals surface area contributed by atoms with Gasteiger partial charge in [0, 0.05) is 17.8 Å². The van der Waals surface area contributed by atoms with Crippen LogP contribution in [0.3, 0.4) is 0 Å². The average Bonchev–Trinajstić information content (AvgIpc) is 3.02. The Bertz CT molecular complexity index is 876. The molecule has 3 rings (SSSR count). The highest BCUT2D eigenvalue weighted by Gasteiger charge is 2.20. The van der Waals surface area contributed by atoms with Gasteiger partial charge in [-0.05, 0) is 30.7 Å². The van der Waals surface area contributed by atoms with Crippen molar-refractivity contribution in [3.05, 3.63) is 58.6 Å². The highest BCUT2D eigenvalue weighted by atomic mass is 32.2. The second-order valence-electron chi connectivity index (χ2n) is 5.26. The van der Waals surface area contributed by atoms with Crippen molar-refractivity contribution < 1.29 is 9.72 Å². The summed E-state index contributed by atoms with van der Waals surface area (Å²) in [5, 5.41) is 13.2. The summed E-state index contributed by atoms with van der Waals surface area (Å²) in [6.07, 6.45) is 0.652. The van der Waals surface area contributed by atoms with Gasteiger partial charge >= 0.3 is 0 Å². The van der Waals surface area contributed by atoms with Crippen molar-refractivity contribution in [2.24, 2.45) is 0 Å². The summed E-state index contributed by atoms with van der Waals surface area (Å²) in [7, 11) is 0. The molecule has 0 fully saturated rings. The lowest BCUT2D eigenvalue weighted by Crippen LogP contribution is -2.24. The zero-order chi connectivity index (χ0) is 17.8. The minimum Gasteiger partial charge on any atom is -0.325 e. The summed E-state index contributed by atoms with van der Waals surface area (Å²) >= 11 is 3.00. The number of fused-ring (bicyclic) bond motifs is 1. The molecule has 1 N–H and O–H groups in total. The first kappa shape index (κ1) is 17.4. The van der Waals surface area contributed by atoms with Crippen molar-refractivity contribution in [1.29, 1.82) is 0 Å². The highest BCUT2D eigenvalue weighted by Crippen LogP contribution is 2.33. The van der Waals surface area contributed by atoms with E-state index in [9.17, 15) is 14.9 Å². The molecule has 0 spiro atoms. The van der Waals surface area contributed by atoms with E-state index in [0.29, 0.717) is 12.1 Å². The molecule has 1 heterocycles. The molecule has 3 aromatic rings. The number of thioether (sulfide) groups is 1. The first-order chi connectivity index (χ1) is 12.1. The number of nitrogens with zero attached hydrogens (tertiary/aromatic N) is 2. The lowest BCUT2D eigenvalue weighted by molar-refractivity contribution is -0.384. The van der Waals surface area contributed by atoms with Crippen LogP contribution in [0.15, 0.2) is 52.9 Å². The topological polar surface area (TPSA) is 85.1 Å². The van der Waals surface area contributed by atoms with Crippen LogP contribution in [0.25, 0.3) is 10.2 Å². The predicted octanol–water partition coefficient (Wildman–Crippen LogP) is 4.71. The largest absolute Gasteiger partial charge is 0.325 e. The standard InChI is InChI=1S/C17H15N3O3S2/c1-2-14(24-17-19-13-5-3-4-6-15(13)25-17)16(21)18-11-7-9-12(10-8-11)20(22)23/h3-10,14H,2H2,1H3,(H,18,21)/t14-/m1/s1. The van der Waals surface area contributed by atoms with Gasteiger partial charge in [0.15, 0.2) is 4.34 Å². The van der Waals surface area contributed by atoms with Crippen LogP contribution in [0.4, 0.5) is 11.4 Å². The maximum Gasteiger partial charge on any atom is 0.269 e. The summed E-state index contributed by atoms with van der Waals surface area (Å²) in [5.74, 6) is -0.138. The number of aromatic nitrogens is 1. The summed E-state index contributed by atoms with van der Waals surface area (Å²) in [5.41, 5.74) is 1.47. The van der Waals surface area contributed by atoms with Crippen LogP contribution in [0.1, 0.15) is 13.3 Å². The van der Waals surface area contributed by atoms with Crippen LogP contribution in [-0.2, 0) is 4.79 Å². The first-order valence-electron chi connectivity index (χ1n) is 7.64. The fourth-order valence-electron chi connectivity index (χ4n) is 2.23. The zero-order valence-corrected chi connectivity index (χ0v) is 15.0. The number of anilines is 1. The van der Waals surface area contributed by atoms with Gasteiger partial charge in [-0.2, -0.15) is 0 Å². The Morgan fingerprint density at radius 1 is 1.28 bits per heavy atom. The molecule has 25 heavy (non-hydrogen) atoms. The maximum absolute atomic E-state index is 12.5. The summed E-state index contributed by atoms with van der Waals surface area (Å²) in [4.78, 5) is 27.2. The molecule has 0 saturated heterocycles. The second-order valence-corrected chi connectivity index (χ2v) is 7.74. The van der Waals surface area contributed by atoms with Crippen molar-refractivity contribution in [2.45, 2.75) is 22.9 Å². The number of non-ortho nitro benzene ring substituents is 1. The number of hydrogen-bond donors (Lipinski definition) is 1. The fourth-order valence-corrected chi connectivity index (χ4v) is 4.47. The number of nitro groups is 1. The van der Waals surface area contributed by atoms with Gasteiger partial charge in [0.05, 0.1) is 20.4 Å². The SMILES string of the molecule is CC[C@@H](Sc1nc2ccccc2s1)C(=O)Nc1ccc([N+](=O)[O-])cc1. The number of thiazole rings is 1. The van der Waals surface area contributed by atoms with Crippen LogP contribution in [0.5, 0.6) is 0 Å². The molecule has 0 saturated carbocycles. The highest BCUT2D eigenvalue weighted by molar-refractivity contribution is 8.02. The minimum absolute atomic E-state index is 0.00566. The van der Waals surface area contributed by atoms with Crippen LogP contribution in [0.2, 0.25) is 0 Å². The van der Waals surface area contributed by atoms with E-state index < -0.39 is 4.92 Å². The molecular formula is C17H15N3O3S2. The summed E-state index contributed by atoms with van der Waals surface area (Å²) in [6.45, 7) is 1.94. The van der Waals surface area contributed by atoms with Crippen molar-refractivity contribution in [1.82, 2.24) is 4.98 Å². The van der Waals surface area contributed by atoms with Crippen LogP contribution >= 0.6 is 23.1 Å². The molecular weight excluding hydrogens is 358 g/mol. The molecule has 1 amide bonds. The number of hydrogen-bond acceptors (Lipinski definition) is 6. The Kier molecular flexibility index (Phi) is 5.30. The third kappa shape index (κ3) is 4.15. The number of nitrogens with one attached hydrogen (secondary N) is 1. The van der Waals surface area contributed by atoms with Gasteiger partial charge < -0.3 is 5.32 Å². The Balaban J connectivity index is 1.69. The molecule has 0 aliphatic heterocycles. The lowest BCUT2D eigenvalue weighted by Gasteiger charge is -2.13. The summed E-state index contributed by atoms with van der Waals surface area (Å²) in [6, 6.07) is 13.7. The predicted molar refractivity (Wildman–Crippen MR) is 101 cm³/mol. The molecule has 0 bridgehead atoms. The van der Waals surface area contributed by atoms with Crippen molar-refractivity contribution in [2.75, 3.05) is 5.32 Å². The van der Waals surface area contributed by atoms with Crippen LogP contribution < -0.4 is 5.32 Å². The Morgan fingerprint density at radius 2 is 2.00 bits per heavy atom. The second kappa shape index (κ2) is 7.62. The van der Waals surface area contributed by atoms with E-state index >= 15 is 0 Å². The number of amides is 1. The average molecular weight is 373 g/mol. The molecule has 8 heteroatoms. The van der Waals surface area contributed by atoms with Crippen LogP contribution in [-0.4, -0.2) is 21.1 Å². The molecule has 0 unspecified atom stereocenters. The van der Waals surface area contributed by atoms with E-state index in [-0.39, 0.29) is 16.8 Å². The van der Waals surface area contributed by atoms with Gasteiger partial charge in [-0.1, -0.05) is 30.8 Å². The van der Waals surface area contributed by atoms with Gasteiger partial charge in [0.25, 0.3) is 5.69 Å². The van der Waals surface area contributed by atoms with E-state index in [2.05, 4.69) is 10.3 Å². The van der Waals surface area contributed by atoms with E-state index in [1.54, 1.807) is 11.3 Å². The van der Waals surface area contributed by atoms with E-state index in [1.165, 1.54) is 36.0 Å². The molecule has 1 atom stereocenters. The molecule has 128 valence electrons. The van der Waals surface area contributed by atoms with Gasteiger partial charge in [-0.3, -0.25) is 14.9 Å². The van der Waals surface area contributed by atoms with Gasteiger partial charge in [-0.15, -0.1) is 11.3 Å². The lowest BCUT2D eigenvalue weighted by atomic mass is 10.2. The summed E-state index contributed by atoms with van der Waals surface area (Å²) < 4.78 is 1.95. The first-order valence-corrected chi connectivity index (χ1v) is 9.34. The quantitative estimate of drug-likeness (QED) is 0.384. The molecule has 0 radical (unpaired) electrons. The molecule has 2 aromatic carbocycles. The van der Waals surface area contributed by atoms with Crippen molar-refractivity contribution in [3.63, 3.8) is 0 Å². The number of nitro benzene ring substituents is 1. The number of carbonyl (C=O) groups excluding carboxylic acids is 1.